The second-order valence-electron chi connectivity index (χ2n) is 5.58. The molecule has 0 bridgehead atoms. The van der Waals surface area contributed by atoms with E-state index < -0.39 is 5.91 Å². The van der Waals surface area contributed by atoms with Crippen LogP contribution in [0.5, 0.6) is 0 Å². The maximum atomic E-state index is 11.1. The maximum absolute atomic E-state index is 11.1. The number of amides is 1. The molecular formula is C18H24N4O2. The Morgan fingerprint density at radius 1 is 1.29 bits per heavy atom. The van der Waals surface area contributed by atoms with Gasteiger partial charge < -0.3 is 20.4 Å². The number of aryl methyl sites for hydroxylation is 1. The fourth-order valence-corrected chi connectivity index (χ4v) is 2.34. The molecule has 3 N–H and O–H groups in total. The number of primary amides is 1. The normalized spacial score (nSPS) is 11.4. The van der Waals surface area contributed by atoms with Gasteiger partial charge in [-0.2, -0.15) is 0 Å². The zero-order valence-electron chi connectivity index (χ0n) is 14.4. The van der Waals surface area contributed by atoms with Crippen LogP contribution in [0.15, 0.2) is 45.8 Å². The highest BCUT2D eigenvalue weighted by molar-refractivity contribution is 5.89. The summed E-state index contributed by atoms with van der Waals surface area (Å²) in [6, 6.07) is 11.6. The third-order valence-electron chi connectivity index (χ3n) is 3.65. The van der Waals surface area contributed by atoms with E-state index >= 15 is 0 Å². The van der Waals surface area contributed by atoms with Gasteiger partial charge in [0.1, 0.15) is 12.3 Å². The van der Waals surface area contributed by atoms with E-state index in [0.717, 1.165) is 19.0 Å². The molecule has 1 aromatic carbocycles. The van der Waals surface area contributed by atoms with E-state index in [0.29, 0.717) is 12.3 Å². The van der Waals surface area contributed by atoms with E-state index in [1.807, 2.05) is 26.1 Å². The SMILES string of the molecule is CCNC(=NCc1ccc(C(N)=O)o1)N(C)Cc1ccccc1C. The van der Waals surface area contributed by atoms with Crippen LogP contribution in [0.1, 0.15) is 34.4 Å². The predicted molar refractivity (Wildman–Crippen MR) is 94.7 cm³/mol. The number of benzene rings is 1. The molecule has 6 nitrogen and oxygen atoms in total. The minimum atomic E-state index is -0.575. The van der Waals surface area contributed by atoms with E-state index in [-0.39, 0.29) is 5.76 Å². The average Bonchev–Trinajstić information content (AvgIpc) is 3.02. The number of carbonyl (C=O) groups excluding carboxylic acids is 1. The van der Waals surface area contributed by atoms with Crippen molar-refractivity contribution in [2.75, 3.05) is 13.6 Å². The fourth-order valence-electron chi connectivity index (χ4n) is 2.34. The van der Waals surface area contributed by atoms with Crippen molar-refractivity contribution in [3.8, 4) is 0 Å². The molecule has 0 unspecified atom stereocenters. The highest BCUT2D eigenvalue weighted by Gasteiger charge is 2.10. The van der Waals surface area contributed by atoms with Gasteiger partial charge in [0.15, 0.2) is 11.7 Å². The molecular weight excluding hydrogens is 304 g/mol. The van der Waals surface area contributed by atoms with Crippen molar-refractivity contribution in [2.45, 2.75) is 26.9 Å². The van der Waals surface area contributed by atoms with Crippen molar-refractivity contribution >= 4 is 11.9 Å². The van der Waals surface area contributed by atoms with Crippen molar-refractivity contribution in [2.24, 2.45) is 10.7 Å². The van der Waals surface area contributed by atoms with Crippen molar-refractivity contribution in [1.29, 1.82) is 0 Å². The van der Waals surface area contributed by atoms with Gasteiger partial charge in [-0.05, 0) is 37.1 Å². The lowest BCUT2D eigenvalue weighted by atomic mass is 10.1. The molecule has 0 saturated carbocycles. The van der Waals surface area contributed by atoms with Crippen LogP contribution in [-0.4, -0.2) is 30.4 Å². The zero-order valence-corrected chi connectivity index (χ0v) is 14.4. The summed E-state index contributed by atoms with van der Waals surface area (Å²) < 4.78 is 5.36. The van der Waals surface area contributed by atoms with Gasteiger partial charge in [-0.1, -0.05) is 24.3 Å². The summed E-state index contributed by atoms with van der Waals surface area (Å²) in [5.41, 5.74) is 7.69. The van der Waals surface area contributed by atoms with E-state index in [2.05, 4.69) is 34.3 Å². The highest BCUT2D eigenvalue weighted by atomic mass is 16.3. The smallest absolute Gasteiger partial charge is 0.284 e. The Kier molecular flexibility index (Phi) is 6.01. The van der Waals surface area contributed by atoms with Crippen molar-refractivity contribution in [3.63, 3.8) is 0 Å². The number of nitrogens with zero attached hydrogens (tertiary/aromatic N) is 2. The molecule has 1 amide bonds. The summed E-state index contributed by atoms with van der Waals surface area (Å²) in [4.78, 5) is 17.7. The number of hydrogen-bond acceptors (Lipinski definition) is 3. The van der Waals surface area contributed by atoms with Crippen LogP contribution >= 0.6 is 0 Å². The summed E-state index contributed by atoms with van der Waals surface area (Å²) in [7, 11) is 1.99. The molecule has 2 rings (SSSR count). The molecule has 0 aliphatic rings. The third kappa shape index (κ3) is 4.62. The number of nitrogens with two attached hydrogens (primary N) is 1. The Bertz CT molecular complexity index is 721. The van der Waals surface area contributed by atoms with Crippen LogP contribution in [0, 0.1) is 6.92 Å². The van der Waals surface area contributed by atoms with E-state index in [1.54, 1.807) is 12.1 Å². The first kappa shape index (κ1) is 17.6. The molecule has 2 aromatic rings. The number of furan rings is 1. The first-order valence-corrected chi connectivity index (χ1v) is 7.93. The number of aliphatic imine (C=N–C) groups is 1. The third-order valence-corrected chi connectivity index (χ3v) is 3.65. The topological polar surface area (TPSA) is 83.9 Å². The van der Waals surface area contributed by atoms with Crippen LogP contribution in [0.2, 0.25) is 0 Å². The van der Waals surface area contributed by atoms with Crippen LogP contribution in [0.25, 0.3) is 0 Å². The summed E-state index contributed by atoms with van der Waals surface area (Å²) in [5.74, 6) is 0.952. The second kappa shape index (κ2) is 8.19. The molecule has 0 aliphatic carbocycles. The zero-order chi connectivity index (χ0) is 17.5. The largest absolute Gasteiger partial charge is 0.454 e. The second-order valence-corrected chi connectivity index (χ2v) is 5.58. The van der Waals surface area contributed by atoms with Gasteiger partial charge >= 0.3 is 0 Å². The van der Waals surface area contributed by atoms with Crippen LogP contribution < -0.4 is 11.1 Å². The molecule has 0 atom stereocenters. The summed E-state index contributed by atoms with van der Waals surface area (Å²) in [6.45, 7) is 5.98. The van der Waals surface area contributed by atoms with Crippen molar-refractivity contribution in [3.05, 3.63) is 59.0 Å². The quantitative estimate of drug-likeness (QED) is 0.629. The molecule has 6 heteroatoms. The molecule has 0 aliphatic heterocycles. The Labute approximate surface area is 142 Å². The van der Waals surface area contributed by atoms with E-state index in [4.69, 9.17) is 10.2 Å². The van der Waals surface area contributed by atoms with Gasteiger partial charge in [0, 0.05) is 20.1 Å². The maximum Gasteiger partial charge on any atom is 0.284 e. The van der Waals surface area contributed by atoms with Gasteiger partial charge in [-0.25, -0.2) is 4.99 Å². The van der Waals surface area contributed by atoms with E-state index in [9.17, 15) is 4.79 Å². The summed E-state index contributed by atoms with van der Waals surface area (Å²) in [5, 5.41) is 3.26. The van der Waals surface area contributed by atoms with Crippen molar-refractivity contribution < 1.29 is 9.21 Å². The lowest BCUT2D eigenvalue weighted by Gasteiger charge is -2.22. The monoisotopic (exact) mass is 328 g/mol. The number of rotatable bonds is 6. The molecule has 1 heterocycles. The predicted octanol–water partition coefficient (Wildman–Crippen LogP) is 2.28. The van der Waals surface area contributed by atoms with Gasteiger partial charge in [0.2, 0.25) is 0 Å². The molecule has 24 heavy (non-hydrogen) atoms. The minimum Gasteiger partial charge on any atom is -0.454 e. The van der Waals surface area contributed by atoms with Gasteiger partial charge in [-0.15, -0.1) is 0 Å². The van der Waals surface area contributed by atoms with E-state index in [1.165, 1.54) is 11.1 Å². The highest BCUT2D eigenvalue weighted by Crippen LogP contribution is 2.11. The molecule has 128 valence electrons. The summed E-state index contributed by atoms with van der Waals surface area (Å²) >= 11 is 0. The van der Waals surface area contributed by atoms with Gasteiger partial charge in [-0.3, -0.25) is 4.79 Å². The first-order valence-electron chi connectivity index (χ1n) is 7.93. The first-order chi connectivity index (χ1) is 11.5. The van der Waals surface area contributed by atoms with Gasteiger partial charge in [0.05, 0.1) is 0 Å². The van der Waals surface area contributed by atoms with Crippen LogP contribution in [-0.2, 0) is 13.1 Å². The Balaban J connectivity index is 2.09. The minimum absolute atomic E-state index is 0.151. The lowest BCUT2D eigenvalue weighted by Crippen LogP contribution is -2.38. The number of guanidine groups is 1. The standard InChI is InChI=1S/C18H24N4O2/c1-4-20-18(21-11-15-9-10-16(24-15)17(19)23)22(3)12-14-8-6-5-7-13(14)2/h5-10H,4,11-12H2,1-3H3,(H2,19,23)(H,20,21). The Hall–Kier alpha value is -2.76. The molecule has 0 fully saturated rings. The Morgan fingerprint density at radius 2 is 2.04 bits per heavy atom. The number of nitrogens with one attached hydrogen (secondary N) is 1. The lowest BCUT2D eigenvalue weighted by molar-refractivity contribution is 0.0972. The molecule has 0 saturated heterocycles. The fraction of sp³-hybridized carbons (Fsp3) is 0.333. The molecule has 0 spiro atoms. The van der Waals surface area contributed by atoms with Gasteiger partial charge in [0.25, 0.3) is 5.91 Å². The molecule has 0 radical (unpaired) electrons. The Morgan fingerprint density at radius 3 is 2.67 bits per heavy atom. The molecule has 1 aromatic heterocycles. The number of hydrogen-bond donors (Lipinski definition) is 2. The number of carbonyl (C=O) groups is 1. The van der Waals surface area contributed by atoms with Crippen LogP contribution in [0.4, 0.5) is 0 Å². The van der Waals surface area contributed by atoms with Crippen LogP contribution in [0.3, 0.4) is 0 Å². The van der Waals surface area contributed by atoms with Crippen molar-refractivity contribution in [1.82, 2.24) is 10.2 Å². The average molecular weight is 328 g/mol. The summed E-state index contributed by atoms with van der Waals surface area (Å²) in [6.07, 6.45) is 0.